The molecule has 0 bridgehead atoms. The summed E-state index contributed by atoms with van der Waals surface area (Å²) in [4.78, 5) is 4.24. The lowest BCUT2D eigenvalue weighted by Gasteiger charge is -2.26. The minimum Gasteiger partial charge on any atom is -0.389 e. The van der Waals surface area contributed by atoms with Gasteiger partial charge in [-0.05, 0) is 44.2 Å². The maximum Gasteiger partial charge on any atom is 0.147 e. The van der Waals surface area contributed by atoms with Crippen LogP contribution < -0.4 is 0 Å². The van der Waals surface area contributed by atoms with Gasteiger partial charge in [-0.25, -0.2) is 9.67 Å². The molecule has 1 aromatic heterocycles. The van der Waals surface area contributed by atoms with E-state index in [1.54, 1.807) is 4.68 Å². The number of aryl methyl sites for hydroxylation is 3. The fraction of sp³-hybridized carbons (Fsp3) is 0.529. The Balaban J connectivity index is 1.58. The monoisotopic (exact) mass is 301 g/mol. The first kappa shape index (κ1) is 15.2. The van der Waals surface area contributed by atoms with Crippen molar-refractivity contribution in [2.45, 2.75) is 51.9 Å². The molecule has 22 heavy (non-hydrogen) atoms. The lowest BCUT2D eigenvalue weighted by molar-refractivity contribution is -0.0238. The molecule has 2 atom stereocenters. The summed E-state index contributed by atoms with van der Waals surface area (Å²) in [5.74, 6) is 1.55. The number of benzene rings is 1. The van der Waals surface area contributed by atoms with Gasteiger partial charge in [-0.2, -0.15) is 5.10 Å². The summed E-state index contributed by atoms with van der Waals surface area (Å²) in [5, 5.41) is 14.5. The highest BCUT2D eigenvalue weighted by atomic mass is 16.5. The largest absolute Gasteiger partial charge is 0.389 e. The second kappa shape index (κ2) is 6.58. The number of ether oxygens (including phenoxy) is 1. The Bertz CT molecular complexity index is 639. The third kappa shape index (κ3) is 3.36. The minimum atomic E-state index is -0.575. The van der Waals surface area contributed by atoms with Crippen LogP contribution in [0.5, 0.6) is 0 Å². The van der Waals surface area contributed by atoms with Crippen molar-refractivity contribution < 1.29 is 9.84 Å². The van der Waals surface area contributed by atoms with Crippen LogP contribution in [0.15, 0.2) is 24.3 Å². The van der Waals surface area contributed by atoms with Gasteiger partial charge in [-0.1, -0.05) is 24.3 Å². The van der Waals surface area contributed by atoms with Crippen molar-refractivity contribution in [3.63, 3.8) is 0 Å². The Labute approximate surface area is 131 Å². The van der Waals surface area contributed by atoms with Gasteiger partial charge in [0.1, 0.15) is 11.6 Å². The standard InChI is InChI=1S/C17H23N3O2/c1-12-18-13(2)20(19-12)10-15(21)11-22-17-9-5-7-14-6-3-4-8-16(14)17/h3-4,6,8,15,17,21H,5,7,9-11H2,1-2H3/t15-,17+/m1/s1. The highest BCUT2D eigenvalue weighted by molar-refractivity contribution is 5.31. The molecular formula is C17H23N3O2. The number of aliphatic hydroxyl groups is 1. The van der Waals surface area contributed by atoms with E-state index in [-0.39, 0.29) is 6.10 Å². The summed E-state index contributed by atoms with van der Waals surface area (Å²) >= 11 is 0. The van der Waals surface area contributed by atoms with Crippen LogP contribution in [0, 0.1) is 13.8 Å². The number of rotatable bonds is 5. The topological polar surface area (TPSA) is 60.2 Å². The molecule has 0 saturated carbocycles. The normalized spacial score (nSPS) is 19.0. The molecule has 0 saturated heterocycles. The molecule has 0 amide bonds. The molecule has 0 spiro atoms. The predicted molar refractivity (Wildman–Crippen MR) is 83.6 cm³/mol. The number of aromatic nitrogens is 3. The van der Waals surface area contributed by atoms with Gasteiger partial charge in [-0.15, -0.1) is 0 Å². The molecule has 3 rings (SSSR count). The lowest BCUT2D eigenvalue weighted by Crippen LogP contribution is -2.25. The molecule has 0 aliphatic heterocycles. The van der Waals surface area contributed by atoms with Crippen LogP contribution in [0.2, 0.25) is 0 Å². The summed E-state index contributed by atoms with van der Waals surface area (Å²) in [5.41, 5.74) is 2.64. The van der Waals surface area contributed by atoms with E-state index in [0.717, 1.165) is 30.9 Å². The fourth-order valence-corrected chi connectivity index (χ4v) is 3.10. The number of hydrogen-bond donors (Lipinski definition) is 1. The third-order valence-corrected chi connectivity index (χ3v) is 4.15. The van der Waals surface area contributed by atoms with Crippen LogP contribution in [0.25, 0.3) is 0 Å². The molecule has 0 radical (unpaired) electrons. The summed E-state index contributed by atoms with van der Waals surface area (Å²) in [6.07, 6.45) is 2.80. The van der Waals surface area contributed by atoms with Gasteiger partial charge >= 0.3 is 0 Å². The van der Waals surface area contributed by atoms with E-state index in [4.69, 9.17) is 4.74 Å². The average molecular weight is 301 g/mol. The SMILES string of the molecule is Cc1nc(C)n(C[C@@H](O)CO[C@H]2CCCc3ccccc32)n1. The van der Waals surface area contributed by atoms with Gasteiger partial charge < -0.3 is 9.84 Å². The molecule has 2 aromatic rings. The first-order valence-electron chi connectivity index (χ1n) is 7.89. The van der Waals surface area contributed by atoms with Crippen molar-refractivity contribution in [3.05, 3.63) is 47.0 Å². The zero-order valence-electron chi connectivity index (χ0n) is 13.2. The summed E-state index contributed by atoms with van der Waals surface area (Å²) in [6.45, 7) is 4.48. The Morgan fingerprint density at radius 2 is 2.18 bits per heavy atom. The van der Waals surface area contributed by atoms with E-state index in [0.29, 0.717) is 13.2 Å². The molecule has 5 heteroatoms. The first-order chi connectivity index (χ1) is 10.6. The van der Waals surface area contributed by atoms with Gasteiger partial charge in [0, 0.05) is 0 Å². The highest BCUT2D eigenvalue weighted by Crippen LogP contribution is 2.32. The van der Waals surface area contributed by atoms with Crippen LogP contribution in [0.1, 0.15) is 41.7 Å². The number of hydrogen-bond acceptors (Lipinski definition) is 4. The maximum atomic E-state index is 10.2. The van der Waals surface area contributed by atoms with Crippen LogP contribution in [-0.2, 0) is 17.7 Å². The maximum absolute atomic E-state index is 10.2. The molecule has 0 fully saturated rings. The highest BCUT2D eigenvalue weighted by Gasteiger charge is 2.21. The average Bonchev–Trinajstić information content (AvgIpc) is 2.82. The fourth-order valence-electron chi connectivity index (χ4n) is 3.10. The number of fused-ring (bicyclic) bond motifs is 1. The van der Waals surface area contributed by atoms with E-state index in [1.165, 1.54) is 11.1 Å². The molecule has 118 valence electrons. The van der Waals surface area contributed by atoms with Crippen molar-refractivity contribution in [1.29, 1.82) is 0 Å². The van der Waals surface area contributed by atoms with E-state index in [1.807, 2.05) is 13.8 Å². The molecule has 5 nitrogen and oxygen atoms in total. The first-order valence-corrected chi connectivity index (χ1v) is 7.89. The smallest absolute Gasteiger partial charge is 0.147 e. The van der Waals surface area contributed by atoms with Gasteiger partial charge in [0.25, 0.3) is 0 Å². The summed E-state index contributed by atoms with van der Waals surface area (Å²) in [6, 6.07) is 8.43. The molecular weight excluding hydrogens is 278 g/mol. The Morgan fingerprint density at radius 3 is 2.95 bits per heavy atom. The summed E-state index contributed by atoms with van der Waals surface area (Å²) in [7, 11) is 0. The van der Waals surface area contributed by atoms with Crippen molar-refractivity contribution >= 4 is 0 Å². The molecule has 1 aliphatic carbocycles. The molecule has 1 N–H and O–H groups in total. The van der Waals surface area contributed by atoms with Crippen LogP contribution in [0.3, 0.4) is 0 Å². The molecule has 1 aliphatic rings. The zero-order chi connectivity index (χ0) is 15.5. The molecule has 1 aromatic carbocycles. The van der Waals surface area contributed by atoms with Crippen molar-refractivity contribution in [3.8, 4) is 0 Å². The van der Waals surface area contributed by atoms with Crippen molar-refractivity contribution in [2.75, 3.05) is 6.61 Å². The van der Waals surface area contributed by atoms with Gasteiger partial charge in [0.15, 0.2) is 0 Å². The van der Waals surface area contributed by atoms with Crippen LogP contribution >= 0.6 is 0 Å². The summed E-state index contributed by atoms with van der Waals surface area (Å²) < 4.78 is 7.71. The Hall–Kier alpha value is -1.72. The lowest BCUT2D eigenvalue weighted by atomic mass is 9.89. The van der Waals surface area contributed by atoms with Crippen molar-refractivity contribution in [1.82, 2.24) is 14.8 Å². The minimum absolute atomic E-state index is 0.0955. The van der Waals surface area contributed by atoms with E-state index < -0.39 is 6.10 Å². The van der Waals surface area contributed by atoms with E-state index in [2.05, 4.69) is 34.3 Å². The van der Waals surface area contributed by atoms with Gasteiger partial charge in [-0.3, -0.25) is 0 Å². The van der Waals surface area contributed by atoms with E-state index in [9.17, 15) is 5.11 Å². The van der Waals surface area contributed by atoms with Crippen molar-refractivity contribution in [2.24, 2.45) is 0 Å². The van der Waals surface area contributed by atoms with Crippen LogP contribution in [-0.4, -0.2) is 32.6 Å². The molecule has 0 unspecified atom stereocenters. The van der Waals surface area contributed by atoms with Crippen LogP contribution in [0.4, 0.5) is 0 Å². The number of aliphatic hydroxyl groups excluding tert-OH is 1. The van der Waals surface area contributed by atoms with Gasteiger partial charge in [0.05, 0.1) is 25.4 Å². The molecule has 1 heterocycles. The Kier molecular flexibility index (Phi) is 4.55. The third-order valence-electron chi connectivity index (χ3n) is 4.15. The van der Waals surface area contributed by atoms with E-state index >= 15 is 0 Å². The Morgan fingerprint density at radius 1 is 1.36 bits per heavy atom. The second-order valence-corrected chi connectivity index (χ2v) is 5.96. The zero-order valence-corrected chi connectivity index (χ0v) is 13.2. The predicted octanol–water partition coefficient (Wildman–Crippen LogP) is 2.35. The quantitative estimate of drug-likeness (QED) is 0.921. The van der Waals surface area contributed by atoms with Gasteiger partial charge in [0.2, 0.25) is 0 Å². The number of nitrogens with zero attached hydrogens (tertiary/aromatic N) is 3. The second-order valence-electron chi connectivity index (χ2n) is 5.96.